The lowest BCUT2D eigenvalue weighted by Gasteiger charge is -2.36. The van der Waals surface area contributed by atoms with Gasteiger partial charge in [-0.2, -0.15) is 0 Å². The van der Waals surface area contributed by atoms with Crippen LogP contribution in [0.25, 0.3) is 0 Å². The summed E-state index contributed by atoms with van der Waals surface area (Å²) in [6.07, 6.45) is 0.566. The second kappa shape index (κ2) is 4.98. The largest absolute Gasteiger partial charge is 0.481 e. The molecule has 0 spiro atoms. The number of benzene rings is 1. The van der Waals surface area contributed by atoms with Crippen LogP contribution in [0.15, 0.2) is 18.2 Å². The Bertz CT molecular complexity index is 459. The summed E-state index contributed by atoms with van der Waals surface area (Å²) in [5, 5.41) is 9.14. The van der Waals surface area contributed by atoms with Gasteiger partial charge < -0.3 is 15.7 Å². The number of hydrogen-bond acceptors (Lipinski definition) is 3. The maximum atomic E-state index is 11.1. The Morgan fingerprint density at radius 2 is 2.06 bits per heavy atom. The van der Waals surface area contributed by atoms with E-state index in [0.29, 0.717) is 13.0 Å². The van der Waals surface area contributed by atoms with E-state index in [9.17, 15) is 4.79 Å². The minimum Gasteiger partial charge on any atom is -0.481 e. The number of carboxylic acid groups (broad SMARTS) is 1. The van der Waals surface area contributed by atoms with Gasteiger partial charge in [-0.05, 0) is 43.5 Å². The summed E-state index contributed by atoms with van der Waals surface area (Å²) in [5.74, 6) is -1.12. The topological polar surface area (TPSA) is 66.6 Å². The Kier molecular flexibility index (Phi) is 3.57. The number of anilines is 1. The molecule has 1 saturated heterocycles. The zero-order chi connectivity index (χ0) is 13.3. The van der Waals surface area contributed by atoms with Crippen molar-refractivity contribution in [3.05, 3.63) is 29.3 Å². The van der Waals surface area contributed by atoms with E-state index in [0.717, 1.165) is 12.2 Å². The van der Waals surface area contributed by atoms with Crippen molar-refractivity contribution in [2.24, 2.45) is 11.7 Å². The molecule has 1 aromatic carbocycles. The highest BCUT2D eigenvalue weighted by molar-refractivity contribution is 5.71. The summed E-state index contributed by atoms with van der Waals surface area (Å²) in [7, 11) is 0. The Hall–Kier alpha value is -1.55. The normalized spacial score (nSPS) is 24.1. The molecule has 4 heteroatoms. The van der Waals surface area contributed by atoms with E-state index < -0.39 is 5.97 Å². The molecule has 0 aromatic heterocycles. The van der Waals surface area contributed by atoms with Crippen LogP contribution < -0.4 is 10.6 Å². The molecule has 2 rings (SSSR count). The Balaban J connectivity index is 2.21. The number of hydrogen-bond donors (Lipinski definition) is 2. The third-order valence-corrected chi connectivity index (χ3v) is 3.69. The van der Waals surface area contributed by atoms with Crippen molar-refractivity contribution in [3.63, 3.8) is 0 Å². The second-order valence-corrected chi connectivity index (χ2v) is 5.20. The molecule has 0 aliphatic carbocycles. The van der Waals surface area contributed by atoms with Gasteiger partial charge in [0.2, 0.25) is 0 Å². The number of nitrogens with two attached hydrogens (primary N) is 1. The first-order chi connectivity index (χ1) is 8.47. The van der Waals surface area contributed by atoms with Crippen LogP contribution in [0, 0.1) is 19.8 Å². The fraction of sp³-hybridized carbons (Fsp3) is 0.500. The van der Waals surface area contributed by atoms with E-state index in [2.05, 4.69) is 30.9 Å². The molecule has 0 bridgehead atoms. The van der Waals surface area contributed by atoms with E-state index in [1.165, 1.54) is 11.1 Å². The molecule has 0 saturated carbocycles. The van der Waals surface area contributed by atoms with Crippen molar-refractivity contribution in [2.45, 2.75) is 26.3 Å². The van der Waals surface area contributed by atoms with Crippen LogP contribution in [0.1, 0.15) is 17.5 Å². The van der Waals surface area contributed by atoms with Crippen LogP contribution in [0.3, 0.4) is 0 Å². The molecule has 2 atom stereocenters. The fourth-order valence-corrected chi connectivity index (χ4v) is 2.45. The van der Waals surface area contributed by atoms with E-state index in [4.69, 9.17) is 10.8 Å². The first-order valence-corrected chi connectivity index (χ1v) is 6.28. The Morgan fingerprint density at radius 1 is 1.33 bits per heavy atom. The van der Waals surface area contributed by atoms with Gasteiger partial charge in [-0.25, -0.2) is 0 Å². The lowest BCUT2D eigenvalue weighted by Crippen LogP contribution is -2.49. The van der Waals surface area contributed by atoms with Crippen molar-refractivity contribution < 1.29 is 9.90 Å². The van der Waals surface area contributed by atoms with Crippen molar-refractivity contribution in [1.29, 1.82) is 0 Å². The van der Waals surface area contributed by atoms with Gasteiger partial charge in [0.25, 0.3) is 0 Å². The van der Waals surface area contributed by atoms with Crippen molar-refractivity contribution >= 4 is 11.7 Å². The van der Waals surface area contributed by atoms with E-state index >= 15 is 0 Å². The summed E-state index contributed by atoms with van der Waals surface area (Å²) >= 11 is 0. The number of aryl methyl sites for hydroxylation is 2. The maximum Gasteiger partial charge on any atom is 0.308 e. The van der Waals surface area contributed by atoms with E-state index in [1.54, 1.807) is 0 Å². The van der Waals surface area contributed by atoms with Gasteiger partial charge in [0.05, 0.1) is 5.92 Å². The summed E-state index contributed by atoms with van der Waals surface area (Å²) < 4.78 is 0. The number of carbonyl (C=O) groups is 1. The van der Waals surface area contributed by atoms with Crippen molar-refractivity contribution in [3.8, 4) is 0 Å². The van der Waals surface area contributed by atoms with Gasteiger partial charge in [0, 0.05) is 24.8 Å². The molecular formula is C14H20N2O2. The highest BCUT2D eigenvalue weighted by Gasteiger charge is 2.29. The van der Waals surface area contributed by atoms with Gasteiger partial charge >= 0.3 is 5.97 Å². The molecule has 0 amide bonds. The predicted octanol–water partition coefficient (Wildman–Crippen LogP) is 1.54. The smallest absolute Gasteiger partial charge is 0.308 e. The van der Waals surface area contributed by atoms with Gasteiger partial charge in [-0.3, -0.25) is 4.79 Å². The first kappa shape index (κ1) is 12.9. The van der Waals surface area contributed by atoms with Crippen LogP contribution in [0.2, 0.25) is 0 Å². The third-order valence-electron chi connectivity index (χ3n) is 3.69. The monoisotopic (exact) mass is 248 g/mol. The maximum absolute atomic E-state index is 11.1. The molecular weight excluding hydrogens is 228 g/mol. The van der Waals surface area contributed by atoms with Gasteiger partial charge in [-0.15, -0.1) is 0 Å². The zero-order valence-corrected chi connectivity index (χ0v) is 10.9. The van der Waals surface area contributed by atoms with Crippen LogP contribution >= 0.6 is 0 Å². The number of piperidine rings is 1. The number of carboxylic acids is 1. The lowest BCUT2D eigenvalue weighted by molar-refractivity contribution is -0.142. The van der Waals surface area contributed by atoms with Crippen LogP contribution in [-0.2, 0) is 4.79 Å². The third kappa shape index (κ3) is 2.64. The van der Waals surface area contributed by atoms with Gasteiger partial charge in [-0.1, -0.05) is 6.07 Å². The molecule has 3 N–H and O–H groups in total. The number of nitrogens with zero attached hydrogens (tertiary/aromatic N) is 1. The summed E-state index contributed by atoms with van der Waals surface area (Å²) in [6.45, 7) is 5.41. The fourth-order valence-electron chi connectivity index (χ4n) is 2.45. The molecule has 4 nitrogen and oxygen atoms in total. The van der Waals surface area contributed by atoms with E-state index in [1.807, 2.05) is 6.07 Å². The summed E-state index contributed by atoms with van der Waals surface area (Å²) in [6, 6.07) is 6.15. The van der Waals surface area contributed by atoms with E-state index in [-0.39, 0.29) is 12.0 Å². The zero-order valence-electron chi connectivity index (χ0n) is 10.9. The molecule has 1 aromatic rings. The molecule has 0 radical (unpaired) electrons. The molecule has 1 aliphatic rings. The molecule has 18 heavy (non-hydrogen) atoms. The van der Waals surface area contributed by atoms with Crippen LogP contribution in [-0.4, -0.2) is 30.2 Å². The lowest BCUT2D eigenvalue weighted by atomic mass is 9.94. The second-order valence-electron chi connectivity index (χ2n) is 5.20. The predicted molar refractivity (Wildman–Crippen MR) is 71.8 cm³/mol. The van der Waals surface area contributed by atoms with Crippen LogP contribution in [0.5, 0.6) is 0 Å². The summed E-state index contributed by atoms with van der Waals surface area (Å²) in [4.78, 5) is 13.2. The minimum atomic E-state index is -0.751. The molecule has 1 aliphatic heterocycles. The van der Waals surface area contributed by atoms with Gasteiger partial charge in [0.15, 0.2) is 0 Å². The van der Waals surface area contributed by atoms with Gasteiger partial charge in [0.1, 0.15) is 0 Å². The average molecular weight is 248 g/mol. The average Bonchev–Trinajstić information content (AvgIpc) is 2.31. The molecule has 1 heterocycles. The molecule has 98 valence electrons. The summed E-state index contributed by atoms with van der Waals surface area (Å²) in [5.41, 5.74) is 9.49. The number of rotatable bonds is 2. The Morgan fingerprint density at radius 3 is 2.67 bits per heavy atom. The highest BCUT2D eigenvalue weighted by Crippen LogP contribution is 2.24. The standard InChI is InChI=1S/C14H20N2O2/c1-9-3-4-13(5-10(9)2)16-7-11(14(17)18)6-12(15)8-16/h3-5,11-12H,6-8,15H2,1-2H3,(H,17,18). The van der Waals surface area contributed by atoms with Crippen molar-refractivity contribution in [1.82, 2.24) is 0 Å². The highest BCUT2D eigenvalue weighted by atomic mass is 16.4. The Labute approximate surface area is 107 Å². The SMILES string of the molecule is Cc1ccc(N2CC(N)CC(C(=O)O)C2)cc1C. The van der Waals surface area contributed by atoms with Crippen molar-refractivity contribution in [2.75, 3.05) is 18.0 Å². The molecule has 1 fully saturated rings. The minimum absolute atomic E-state index is 0.0681. The quantitative estimate of drug-likeness (QED) is 0.833. The number of aliphatic carboxylic acids is 1. The van der Waals surface area contributed by atoms with Crippen LogP contribution in [0.4, 0.5) is 5.69 Å². The first-order valence-electron chi connectivity index (χ1n) is 6.28. The molecule has 2 unspecified atom stereocenters.